The Bertz CT molecular complexity index is 494. The van der Waals surface area contributed by atoms with Gasteiger partial charge in [0, 0.05) is 18.7 Å². The SMILES string of the molecule is Cc1cc(N2CCCC2=O)cc(C(=O)O)c1C. The molecule has 0 aliphatic carbocycles. The Kier molecular flexibility index (Phi) is 2.88. The normalized spacial score (nSPS) is 15.4. The lowest BCUT2D eigenvalue weighted by Crippen LogP contribution is -2.24. The number of amides is 1. The molecule has 2 rings (SSSR count). The summed E-state index contributed by atoms with van der Waals surface area (Å²) in [7, 11) is 0. The first-order valence-corrected chi connectivity index (χ1v) is 5.65. The molecule has 1 fully saturated rings. The number of hydrogen-bond donors (Lipinski definition) is 1. The molecule has 17 heavy (non-hydrogen) atoms. The van der Waals surface area contributed by atoms with Crippen molar-refractivity contribution in [1.82, 2.24) is 0 Å². The molecule has 0 bridgehead atoms. The van der Waals surface area contributed by atoms with E-state index in [1.165, 1.54) is 0 Å². The van der Waals surface area contributed by atoms with Gasteiger partial charge in [0.25, 0.3) is 0 Å². The Morgan fingerprint density at radius 1 is 1.35 bits per heavy atom. The van der Waals surface area contributed by atoms with Crippen molar-refractivity contribution < 1.29 is 14.7 Å². The highest BCUT2D eigenvalue weighted by Gasteiger charge is 2.23. The molecule has 4 nitrogen and oxygen atoms in total. The lowest BCUT2D eigenvalue weighted by atomic mass is 10.0. The molecular weight excluding hydrogens is 218 g/mol. The Labute approximate surface area is 99.9 Å². The molecule has 4 heteroatoms. The van der Waals surface area contributed by atoms with Crippen LogP contribution in [0.3, 0.4) is 0 Å². The molecule has 1 aromatic carbocycles. The predicted molar refractivity (Wildman–Crippen MR) is 64.5 cm³/mol. The van der Waals surface area contributed by atoms with E-state index in [2.05, 4.69) is 0 Å². The zero-order valence-corrected chi connectivity index (χ0v) is 9.99. The van der Waals surface area contributed by atoms with E-state index in [1.54, 1.807) is 17.9 Å². The first-order valence-electron chi connectivity index (χ1n) is 5.65. The molecule has 0 radical (unpaired) electrons. The number of rotatable bonds is 2. The fourth-order valence-electron chi connectivity index (χ4n) is 2.14. The molecule has 0 atom stereocenters. The van der Waals surface area contributed by atoms with Crippen LogP contribution in [0.4, 0.5) is 5.69 Å². The number of benzene rings is 1. The van der Waals surface area contributed by atoms with Crippen molar-refractivity contribution in [3.63, 3.8) is 0 Å². The minimum absolute atomic E-state index is 0.0737. The van der Waals surface area contributed by atoms with Gasteiger partial charge in [-0.3, -0.25) is 4.79 Å². The second-order valence-electron chi connectivity index (χ2n) is 4.39. The van der Waals surface area contributed by atoms with Gasteiger partial charge in [0.05, 0.1) is 5.56 Å². The van der Waals surface area contributed by atoms with Gasteiger partial charge in [-0.15, -0.1) is 0 Å². The van der Waals surface area contributed by atoms with E-state index in [-0.39, 0.29) is 11.5 Å². The largest absolute Gasteiger partial charge is 0.478 e. The van der Waals surface area contributed by atoms with Gasteiger partial charge in [0.2, 0.25) is 5.91 Å². The summed E-state index contributed by atoms with van der Waals surface area (Å²) in [4.78, 5) is 24.4. The van der Waals surface area contributed by atoms with Gasteiger partial charge in [-0.25, -0.2) is 4.79 Å². The number of anilines is 1. The first-order chi connectivity index (χ1) is 8.00. The zero-order chi connectivity index (χ0) is 12.6. The van der Waals surface area contributed by atoms with E-state index in [1.807, 2.05) is 13.0 Å². The monoisotopic (exact) mass is 233 g/mol. The standard InChI is InChI=1S/C13H15NO3/c1-8-6-10(14-5-3-4-12(14)15)7-11(9(8)2)13(16)17/h6-7H,3-5H2,1-2H3,(H,16,17). The van der Waals surface area contributed by atoms with Gasteiger partial charge in [0.15, 0.2) is 0 Å². The van der Waals surface area contributed by atoms with Crippen LogP contribution >= 0.6 is 0 Å². The lowest BCUT2D eigenvalue weighted by molar-refractivity contribution is -0.117. The Morgan fingerprint density at radius 3 is 2.59 bits per heavy atom. The number of carboxylic acids is 1. The molecule has 0 spiro atoms. The Balaban J connectivity index is 2.49. The summed E-state index contributed by atoms with van der Waals surface area (Å²) in [5, 5.41) is 9.12. The van der Waals surface area contributed by atoms with Crippen LogP contribution in [0.25, 0.3) is 0 Å². The van der Waals surface area contributed by atoms with Crippen LogP contribution in [0.5, 0.6) is 0 Å². The molecule has 0 saturated carbocycles. The molecule has 1 aromatic rings. The number of aromatic carboxylic acids is 1. The smallest absolute Gasteiger partial charge is 0.336 e. The van der Waals surface area contributed by atoms with E-state index < -0.39 is 5.97 Å². The summed E-state index contributed by atoms with van der Waals surface area (Å²) < 4.78 is 0. The average molecular weight is 233 g/mol. The van der Waals surface area contributed by atoms with E-state index in [0.29, 0.717) is 18.7 Å². The summed E-state index contributed by atoms with van der Waals surface area (Å²) in [5.74, 6) is -0.872. The fraction of sp³-hybridized carbons (Fsp3) is 0.385. The van der Waals surface area contributed by atoms with Gasteiger partial charge in [-0.05, 0) is 43.5 Å². The maximum atomic E-state index is 11.6. The molecule has 1 amide bonds. The molecule has 1 N–H and O–H groups in total. The number of aryl methyl sites for hydroxylation is 1. The van der Waals surface area contributed by atoms with Crippen molar-refractivity contribution in [2.45, 2.75) is 26.7 Å². The van der Waals surface area contributed by atoms with Crippen molar-refractivity contribution in [3.05, 3.63) is 28.8 Å². The highest BCUT2D eigenvalue weighted by atomic mass is 16.4. The van der Waals surface area contributed by atoms with Crippen LogP contribution in [0.2, 0.25) is 0 Å². The summed E-state index contributed by atoms with van der Waals surface area (Å²) in [6.07, 6.45) is 1.39. The van der Waals surface area contributed by atoms with Crippen LogP contribution in [-0.4, -0.2) is 23.5 Å². The highest BCUT2D eigenvalue weighted by Crippen LogP contribution is 2.26. The van der Waals surface area contributed by atoms with Crippen molar-refractivity contribution in [2.75, 3.05) is 11.4 Å². The van der Waals surface area contributed by atoms with Crippen LogP contribution in [0.15, 0.2) is 12.1 Å². The fourth-order valence-corrected chi connectivity index (χ4v) is 2.14. The summed E-state index contributed by atoms with van der Waals surface area (Å²) in [5.41, 5.74) is 2.64. The molecule has 1 saturated heterocycles. The van der Waals surface area contributed by atoms with Crippen molar-refractivity contribution in [1.29, 1.82) is 0 Å². The third-order valence-corrected chi connectivity index (χ3v) is 3.27. The Hall–Kier alpha value is -1.84. The predicted octanol–water partition coefficient (Wildman–Crippen LogP) is 2.13. The third kappa shape index (κ3) is 2.02. The number of hydrogen-bond acceptors (Lipinski definition) is 2. The molecule has 1 aliphatic rings. The first kappa shape index (κ1) is 11.6. The minimum atomic E-state index is -0.945. The van der Waals surface area contributed by atoms with Gasteiger partial charge < -0.3 is 10.0 Å². The van der Waals surface area contributed by atoms with Gasteiger partial charge in [-0.2, -0.15) is 0 Å². The number of nitrogens with zero attached hydrogens (tertiary/aromatic N) is 1. The second-order valence-corrected chi connectivity index (χ2v) is 4.39. The minimum Gasteiger partial charge on any atom is -0.478 e. The zero-order valence-electron chi connectivity index (χ0n) is 9.99. The van der Waals surface area contributed by atoms with Crippen molar-refractivity contribution in [3.8, 4) is 0 Å². The Morgan fingerprint density at radius 2 is 2.06 bits per heavy atom. The van der Waals surface area contributed by atoms with E-state index in [0.717, 1.165) is 17.5 Å². The molecule has 0 aromatic heterocycles. The van der Waals surface area contributed by atoms with E-state index >= 15 is 0 Å². The molecule has 0 unspecified atom stereocenters. The molecule has 1 aliphatic heterocycles. The maximum Gasteiger partial charge on any atom is 0.336 e. The third-order valence-electron chi connectivity index (χ3n) is 3.27. The molecular formula is C13H15NO3. The van der Waals surface area contributed by atoms with E-state index in [4.69, 9.17) is 5.11 Å². The molecule has 90 valence electrons. The van der Waals surface area contributed by atoms with Gasteiger partial charge in [-0.1, -0.05) is 0 Å². The quantitative estimate of drug-likeness (QED) is 0.851. The lowest BCUT2D eigenvalue weighted by Gasteiger charge is -2.18. The van der Waals surface area contributed by atoms with Crippen LogP contribution in [-0.2, 0) is 4.79 Å². The number of carbonyl (C=O) groups is 2. The highest BCUT2D eigenvalue weighted by molar-refractivity contribution is 5.98. The summed E-state index contributed by atoms with van der Waals surface area (Å²) >= 11 is 0. The summed E-state index contributed by atoms with van der Waals surface area (Å²) in [6.45, 7) is 4.33. The number of carbonyl (C=O) groups excluding carboxylic acids is 1. The average Bonchev–Trinajstić information content (AvgIpc) is 2.68. The van der Waals surface area contributed by atoms with Gasteiger partial charge in [0.1, 0.15) is 0 Å². The summed E-state index contributed by atoms with van der Waals surface area (Å²) in [6, 6.07) is 3.47. The molecule has 1 heterocycles. The van der Waals surface area contributed by atoms with Crippen LogP contribution in [0, 0.1) is 13.8 Å². The van der Waals surface area contributed by atoms with Gasteiger partial charge >= 0.3 is 5.97 Å². The van der Waals surface area contributed by atoms with Crippen molar-refractivity contribution >= 4 is 17.6 Å². The number of carboxylic acid groups (broad SMARTS) is 1. The maximum absolute atomic E-state index is 11.6. The topological polar surface area (TPSA) is 57.6 Å². The second kappa shape index (κ2) is 4.20. The van der Waals surface area contributed by atoms with E-state index in [9.17, 15) is 9.59 Å². The van der Waals surface area contributed by atoms with Crippen molar-refractivity contribution in [2.24, 2.45) is 0 Å². The van der Waals surface area contributed by atoms with Crippen LogP contribution in [0.1, 0.15) is 34.3 Å². The van der Waals surface area contributed by atoms with Crippen LogP contribution < -0.4 is 4.90 Å².